The van der Waals surface area contributed by atoms with Gasteiger partial charge in [-0.25, -0.2) is 0 Å². The molecular weight excluding hydrogens is 400 g/mol. The predicted molar refractivity (Wildman–Crippen MR) is 117 cm³/mol. The Bertz CT molecular complexity index is 889. The van der Waals surface area contributed by atoms with Gasteiger partial charge in [-0.1, -0.05) is 19.9 Å². The van der Waals surface area contributed by atoms with Crippen molar-refractivity contribution >= 4 is 23.5 Å². The Morgan fingerprint density at radius 1 is 1.40 bits per heavy atom. The molecule has 4 N–H and O–H groups in total. The Hall–Kier alpha value is -2.10. The van der Waals surface area contributed by atoms with Crippen LogP contribution >= 0.6 is 11.6 Å². The zero-order valence-electron chi connectivity index (χ0n) is 18.1. The van der Waals surface area contributed by atoms with E-state index < -0.39 is 16.9 Å². The second-order valence-electron chi connectivity index (χ2n) is 9.88. The van der Waals surface area contributed by atoms with Gasteiger partial charge in [-0.3, -0.25) is 15.1 Å². The van der Waals surface area contributed by atoms with Crippen molar-refractivity contribution in [1.82, 2.24) is 4.90 Å². The van der Waals surface area contributed by atoms with Gasteiger partial charge in [-0.15, -0.1) is 11.6 Å². The first-order valence-corrected chi connectivity index (χ1v) is 10.8. The first-order chi connectivity index (χ1) is 13.9. The molecule has 3 rings (SSSR count). The second-order valence-corrected chi connectivity index (χ2v) is 10.9. The van der Waals surface area contributed by atoms with Crippen LogP contribution in [0.4, 0.5) is 0 Å². The van der Waals surface area contributed by atoms with Gasteiger partial charge >= 0.3 is 0 Å². The average molecular weight is 431 g/mol. The number of nitriles is 1. The molecule has 0 radical (unpaired) electrons. The number of benzene rings is 1. The standard InChI is InChI=1S/C23H31ClN4O2/c1-13-8-23(9-14(2)19(13)29)10-16-6-5-15(11-25)7-17(16)18(23)20(30)28(21(26)27)12-22(3,4)24/h5-7,13-14,18-19,29H,8-10,12H2,1-4H3,(H3,26,27)/t13-,14+,18-,19?,23?/m0/s1. The fraction of sp³-hybridized carbons (Fsp3) is 0.609. The predicted octanol–water partition coefficient (Wildman–Crippen LogP) is 3.35. The number of guanidine groups is 1. The highest BCUT2D eigenvalue weighted by molar-refractivity contribution is 6.24. The van der Waals surface area contributed by atoms with Crippen LogP contribution in [-0.2, 0) is 11.2 Å². The topological polar surface area (TPSA) is 114 Å². The van der Waals surface area contributed by atoms with Gasteiger partial charge in [-0.05, 0) is 73.6 Å². The number of hydrogen-bond acceptors (Lipinski definition) is 4. The molecule has 0 saturated heterocycles. The molecule has 30 heavy (non-hydrogen) atoms. The number of fused-ring (bicyclic) bond motifs is 1. The molecule has 0 aromatic heterocycles. The van der Waals surface area contributed by atoms with Crippen molar-refractivity contribution in [3.05, 3.63) is 34.9 Å². The van der Waals surface area contributed by atoms with Gasteiger partial charge in [-0.2, -0.15) is 5.26 Å². The van der Waals surface area contributed by atoms with Crippen LogP contribution in [0.1, 0.15) is 63.1 Å². The van der Waals surface area contributed by atoms with Crippen LogP contribution in [0, 0.1) is 34.0 Å². The largest absolute Gasteiger partial charge is 0.393 e. The van der Waals surface area contributed by atoms with E-state index in [2.05, 4.69) is 6.07 Å². The number of halogens is 1. The Kier molecular flexibility index (Phi) is 5.92. The van der Waals surface area contributed by atoms with Gasteiger partial charge in [0.25, 0.3) is 0 Å². The fourth-order valence-electron chi connectivity index (χ4n) is 5.66. The molecule has 1 aromatic carbocycles. The minimum atomic E-state index is -0.742. The summed E-state index contributed by atoms with van der Waals surface area (Å²) in [5.41, 5.74) is 7.84. The van der Waals surface area contributed by atoms with E-state index in [0.29, 0.717) is 24.8 Å². The zero-order chi connectivity index (χ0) is 22.4. The molecule has 0 heterocycles. The number of nitrogens with two attached hydrogens (primary N) is 1. The molecule has 162 valence electrons. The molecule has 0 aliphatic heterocycles. The summed E-state index contributed by atoms with van der Waals surface area (Å²) in [6.45, 7) is 7.74. The van der Waals surface area contributed by atoms with Crippen LogP contribution < -0.4 is 5.73 Å². The molecule has 7 heteroatoms. The number of alkyl halides is 1. The molecule has 0 bridgehead atoms. The van der Waals surface area contributed by atoms with Gasteiger partial charge in [0, 0.05) is 6.54 Å². The first kappa shape index (κ1) is 22.6. The summed E-state index contributed by atoms with van der Waals surface area (Å²) in [5.74, 6) is -1.01. The number of carbonyl (C=O) groups excluding carboxylic acids is 1. The lowest BCUT2D eigenvalue weighted by Crippen LogP contribution is -2.52. The molecule has 1 spiro atoms. The van der Waals surface area contributed by atoms with Crippen LogP contribution in [0.3, 0.4) is 0 Å². The van der Waals surface area contributed by atoms with Crippen LogP contribution in [0.25, 0.3) is 0 Å². The maximum absolute atomic E-state index is 13.9. The van der Waals surface area contributed by atoms with E-state index in [1.807, 2.05) is 19.9 Å². The molecule has 5 atom stereocenters. The van der Waals surface area contributed by atoms with E-state index in [9.17, 15) is 15.2 Å². The molecule has 2 aliphatic rings. The number of hydrogen-bond donors (Lipinski definition) is 3. The third-order valence-corrected chi connectivity index (χ3v) is 6.82. The number of nitrogens with one attached hydrogen (secondary N) is 1. The minimum absolute atomic E-state index is 0.0454. The SMILES string of the molecule is C[C@@H]1CC2(Cc3ccc(C#N)cc3[C@H]2C(=O)N(CC(C)(C)Cl)C(=N)N)C[C@H](C)C1O. The van der Waals surface area contributed by atoms with Crippen molar-refractivity contribution in [3.63, 3.8) is 0 Å². The third kappa shape index (κ3) is 4.06. The van der Waals surface area contributed by atoms with E-state index >= 15 is 0 Å². The Morgan fingerprint density at radius 2 is 2.00 bits per heavy atom. The lowest BCUT2D eigenvalue weighted by atomic mass is 9.59. The lowest BCUT2D eigenvalue weighted by molar-refractivity contribution is -0.135. The second kappa shape index (κ2) is 7.86. The Balaban J connectivity index is 2.12. The monoisotopic (exact) mass is 430 g/mol. The maximum Gasteiger partial charge on any atom is 0.237 e. The highest BCUT2D eigenvalue weighted by atomic mass is 35.5. The van der Waals surface area contributed by atoms with Crippen LogP contribution in [0.2, 0.25) is 0 Å². The summed E-state index contributed by atoms with van der Waals surface area (Å²) in [4.78, 5) is 14.4. The molecule has 6 nitrogen and oxygen atoms in total. The van der Waals surface area contributed by atoms with E-state index in [1.165, 1.54) is 4.90 Å². The van der Waals surface area contributed by atoms with Crippen molar-refractivity contribution in [2.45, 2.75) is 63.9 Å². The highest BCUT2D eigenvalue weighted by Gasteiger charge is 2.55. The molecular formula is C23H31ClN4O2. The lowest BCUT2D eigenvalue weighted by Gasteiger charge is -2.47. The van der Waals surface area contributed by atoms with Crippen molar-refractivity contribution in [3.8, 4) is 6.07 Å². The number of aliphatic hydroxyl groups excluding tert-OH is 1. The summed E-state index contributed by atoms with van der Waals surface area (Å²) in [5, 5.41) is 28.0. The first-order valence-electron chi connectivity index (χ1n) is 10.4. The number of carbonyl (C=O) groups is 1. The van der Waals surface area contributed by atoms with Crippen LogP contribution in [0.5, 0.6) is 0 Å². The van der Waals surface area contributed by atoms with E-state index in [4.69, 9.17) is 22.7 Å². The third-order valence-electron chi connectivity index (χ3n) is 6.70. The van der Waals surface area contributed by atoms with Gasteiger partial charge < -0.3 is 10.8 Å². The molecule has 1 aromatic rings. The van der Waals surface area contributed by atoms with Gasteiger partial charge in [0.05, 0.1) is 28.5 Å². The van der Waals surface area contributed by atoms with Gasteiger partial charge in [0.1, 0.15) is 0 Å². The normalized spacial score (nSPS) is 30.6. The number of amides is 1. The zero-order valence-corrected chi connectivity index (χ0v) is 18.8. The summed E-state index contributed by atoms with van der Waals surface area (Å²) in [7, 11) is 0. The number of aliphatic hydroxyl groups is 1. The van der Waals surface area contributed by atoms with Crippen LogP contribution in [-0.4, -0.2) is 39.4 Å². The maximum atomic E-state index is 13.9. The van der Waals surface area contributed by atoms with Crippen molar-refractivity contribution in [2.24, 2.45) is 23.0 Å². The number of rotatable bonds is 3. The summed E-state index contributed by atoms with van der Waals surface area (Å²) >= 11 is 6.39. The smallest absolute Gasteiger partial charge is 0.237 e. The van der Waals surface area contributed by atoms with Crippen LogP contribution in [0.15, 0.2) is 18.2 Å². The Morgan fingerprint density at radius 3 is 2.50 bits per heavy atom. The quantitative estimate of drug-likeness (QED) is 0.387. The molecule has 1 saturated carbocycles. The minimum Gasteiger partial charge on any atom is -0.393 e. The van der Waals surface area contributed by atoms with E-state index in [0.717, 1.165) is 11.1 Å². The fourth-order valence-corrected chi connectivity index (χ4v) is 5.78. The summed E-state index contributed by atoms with van der Waals surface area (Å²) in [6.07, 6.45) is 1.70. The van der Waals surface area contributed by atoms with Gasteiger partial charge in [0.2, 0.25) is 5.91 Å². The summed E-state index contributed by atoms with van der Waals surface area (Å²) in [6, 6.07) is 7.70. The molecule has 2 aliphatic carbocycles. The van der Waals surface area contributed by atoms with E-state index in [-0.39, 0.29) is 35.7 Å². The molecule has 2 unspecified atom stereocenters. The van der Waals surface area contributed by atoms with E-state index in [1.54, 1.807) is 26.0 Å². The van der Waals surface area contributed by atoms with Gasteiger partial charge in [0.15, 0.2) is 5.96 Å². The van der Waals surface area contributed by atoms with Crippen molar-refractivity contribution < 1.29 is 9.90 Å². The summed E-state index contributed by atoms with van der Waals surface area (Å²) < 4.78 is 0. The highest BCUT2D eigenvalue weighted by Crippen LogP contribution is 2.58. The van der Waals surface area contributed by atoms with Crippen molar-refractivity contribution in [2.75, 3.05) is 6.54 Å². The number of nitrogens with zero attached hydrogens (tertiary/aromatic N) is 2. The Labute approximate surface area is 183 Å². The average Bonchev–Trinajstić information content (AvgIpc) is 2.94. The van der Waals surface area contributed by atoms with Crippen molar-refractivity contribution in [1.29, 1.82) is 10.7 Å². The molecule has 1 fully saturated rings. The molecule has 1 amide bonds.